The quantitative estimate of drug-likeness (QED) is 0.235. The molecule has 0 radical (unpaired) electrons. The van der Waals surface area contributed by atoms with Crippen molar-refractivity contribution in [3.8, 4) is 5.75 Å². The Morgan fingerprint density at radius 1 is 1.20 bits per heavy atom. The summed E-state index contributed by atoms with van der Waals surface area (Å²) >= 11 is 0.876. The minimum absolute atomic E-state index is 0.0180. The molecule has 184 valence electrons. The summed E-state index contributed by atoms with van der Waals surface area (Å²) in [7, 11) is 0. The third-order valence-electron chi connectivity index (χ3n) is 4.87. The molecule has 0 saturated heterocycles. The van der Waals surface area contributed by atoms with Crippen LogP contribution in [0.2, 0.25) is 0 Å². The molecule has 3 rings (SSSR count). The molecule has 0 aliphatic rings. The molecule has 0 unspecified atom stereocenters. The lowest BCUT2D eigenvalue weighted by molar-refractivity contribution is -0.385. The lowest BCUT2D eigenvalue weighted by atomic mass is 10.1. The summed E-state index contributed by atoms with van der Waals surface area (Å²) in [4.78, 5) is 47.6. The van der Waals surface area contributed by atoms with Crippen molar-refractivity contribution in [3.05, 3.63) is 73.5 Å². The fourth-order valence-electron chi connectivity index (χ4n) is 3.17. The highest BCUT2D eigenvalue weighted by atomic mass is 32.1. The van der Waals surface area contributed by atoms with Crippen molar-refractivity contribution < 1.29 is 33.2 Å². The van der Waals surface area contributed by atoms with E-state index in [9.17, 15) is 24.5 Å². The SMILES string of the molecule is CCCOC(=O)c1c(NC(=O)c2ccc(COc3ccc([N+](=O)[O-])c(C)c3)o2)sc(C(N)=O)c1C. The van der Waals surface area contributed by atoms with E-state index in [0.717, 1.165) is 11.3 Å². The minimum atomic E-state index is -0.726. The van der Waals surface area contributed by atoms with Gasteiger partial charge < -0.3 is 24.9 Å². The molecule has 1 aromatic carbocycles. The van der Waals surface area contributed by atoms with Gasteiger partial charge in [0.25, 0.3) is 17.5 Å². The van der Waals surface area contributed by atoms with Crippen LogP contribution >= 0.6 is 11.3 Å². The Labute approximate surface area is 204 Å². The first-order chi connectivity index (χ1) is 16.6. The van der Waals surface area contributed by atoms with Crippen molar-refractivity contribution in [2.75, 3.05) is 11.9 Å². The van der Waals surface area contributed by atoms with Crippen LogP contribution < -0.4 is 15.8 Å². The fraction of sp³-hybridized carbons (Fsp3) is 0.261. The van der Waals surface area contributed by atoms with Crippen LogP contribution in [0.25, 0.3) is 0 Å². The Hall–Kier alpha value is -4.19. The maximum absolute atomic E-state index is 12.8. The molecule has 0 bridgehead atoms. The Morgan fingerprint density at radius 3 is 2.57 bits per heavy atom. The van der Waals surface area contributed by atoms with Gasteiger partial charge in [-0.05, 0) is 50.1 Å². The van der Waals surface area contributed by atoms with Crippen LogP contribution in [0.5, 0.6) is 5.75 Å². The van der Waals surface area contributed by atoms with Crippen LogP contribution in [0.4, 0.5) is 10.7 Å². The van der Waals surface area contributed by atoms with Gasteiger partial charge in [-0.1, -0.05) is 6.92 Å². The monoisotopic (exact) mass is 501 g/mol. The number of esters is 1. The molecule has 0 spiro atoms. The number of furan rings is 1. The summed E-state index contributed by atoms with van der Waals surface area (Å²) in [6, 6.07) is 7.31. The smallest absolute Gasteiger partial charge is 0.341 e. The summed E-state index contributed by atoms with van der Waals surface area (Å²) < 4.78 is 16.3. The number of primary amides is 1. The van der Waals surface area contributed by atoms with Gasteiger partial charge in [0.05, 0.1) is 22.0 Å². The van der Waals surface area contributed by atoms with Gasteiger partial charge in [-0.3, -0.25) is 19.7 Å². The van der Waals surface area contributed by atoms with Crippen LogP contribution in [0.15, 0.2) is 34.7 Å². The Balaban J connectivity index is 1.73. The molecular formula is C23H23N3O8S. The van der Waals surface area contributed by atoms with E-state index in [1.807, 2.05) is 6.92 Å². The number of amides is 2. The highest BCUT2D eigenvalue weighted by Crippen LogP contribution is 2.34. The number of rotatable bonds is 10. The number of carbonyl (C=O) groups excluding carboxylic acids is 3. The molecule has 3 N–H and O–H groups in total. The van der Waals surface area contributed by atoms with Crippen LogP contribution in [0, 0.1) is 24.0 Å². The van der Waals surface area contributed by atoms with Crippen molar-refractivity contribution in [2.24, 2.45) is 5.73 Å². The second kappa shape index (κ2) is 10.8. The zero-order valence-electron chi connectivity index (χ0n) is 19.2. The molecule has 2 amide bonds. The number of nitro benzene ring substituents is 1. The average Bonchev–Trinajstić information content (AvgIpc) is 3.40. The van der Waals surface area contributed by atoms with E-state index >= 15 is 0 Å². The lowest BCUT2D eigenvalue weighted by Crippen LogP contribution is -2.15. The number of nitrogens with zero attached hydrogens (tertiary/aromatic N) is 1. The van der Waals surface area contributed by atoms with Crippen molar-refractivity contribution in [1.82, 2.24) is 0 Å². The Kier molecular flexibility index (Phi) is 7.87. The van der Waals surface area contributed by atoms with E-state index < -0.39 is 22.7 Å². The number of nitrogens with one attached hydrogen (secondary N) is 1. The Morgan fingerprint density at radius 2 is 1.94 bits per heavy atom. The first-order valence-corrected chi connectivity index (χ1v) is 11.3. The van der Waals surface area contributed by atoms with Crippen LogP contribution in [-0.2, 0) is 11.3 Å². The van der Waals surface area contributed by atoms with Crippen molar-refractivity contribution >= 4 is 39.8 Å². The predicted octanol–water partition coefficient (Wildman–Crippen LogP) is 4.36. The zero-order chi connectivity index (χ0) is 25.7. The van der Waals surface area contributed by atoms with Gasteiger partial charge in [-0.15, -0.1) is 11.3 Å². The van der Waals surface area contributed by atoms with Crippen molar-refractivity contribution in [3.63, 3.8) is 0 Å². The first-order valence-electron chi connectivity index (χ1n) is 10.5. The second-order valence-corrected chi connectivity index (χ2v) is 8.50. The van der Waals surface area contributed by atoms with Crippen LogP contribution in [-0.4, -0.2) is 29.3 Å². The van der Waals surface area contributed by atoms with Gasteiger partial charge in [0, 0.05) is 11.6 Å². The van der Waals surface area contributed by atoms with E-state index in [1.54, 1.807) is 13.8 Å². The van der Waals surface area contributed by atoms with Gasteiger partial charge in [0.2, 0.25) is 0 Å². The minimum Gasteiger partial charge on any atom is -0.486 e. The maximum atomic E-state index is 12.8. The third kappa shape index (κ3) is 5.84. The predicted molar refractivity (Wildman–Crippen MR) is 127 cm³/mol. The summed E-state index contributed by atoms with van der Waals surface area (Å²) in [6.45, 7) is 5.15. The molecule has 0 aliphatic heterocycles. The van der Waals surface area contributed by atoms with E-state index in [1.165, 1.54) is 30.3 Å². The molecule has 3 aromatic rings. The number of nitrogens with two attached hydrogens (primary N) is 1. The summed E-state index contributed by atoms with van der Waals surface area (Å²) in [6.07, 6.45) is 0.607. The van der Waals surface area contributed by atoms with Gasteiger partial charge >= 0.3 is 5.97 Å². The third-order valence-corrected chi connectivity index (χ3v) is 6.09. The molecule has 0 saturated carbocycles. The van der Waals surface area contributed by atoms with Gasteiger partial charge in [-0.25, -0.2) is 4.79 Å². The van der Waals surface area contributed by atoms with E-state index in [-0.39, 0.29) is 40.1 Å². The normalized spacial score (nSPS) is 10.6. The van der Waals surface area contributed by atoms with Gasteiger partial charge in [-0.2, -0.15) is 0 Å². The number of hydrogen-bond acceptors (Lipinski definition) is 9. The summed E-state index contributed by atoms with van der Waals surface area (Å²) in [5.41, 5.74) is 6.21. The molecule has 0 atom stereocenters. The topological polar surface area (TPSA) is 164 Å². The molecule has 11 nitrogen and oxygen atoms in total. The number of benzene rings is 1. The highest BCUT2D eigenvalue weighted by Gasteiger charge is 2.26. The molecule has 35 heavy (non-hydrogen) atoms. The average molecular weight is 502 g/mol. The standard InChI is InChI=1S/C23H23N3O8S/c1-4-9-32-23(29)18-13(3)19(20(24)27)35-22(18)25-21(28)17-8-6-15(34-17)11-33-14-5-7-16(26(30)31)12(2)10-14/h5-8,10H,4,9,11H2,1-3H3,(H2,24,27)(H,25,28). The number of anilines is 1. The number of nitro groups is 1. The summed E-state index contributed by atoms with van der Waals surface area (Å²) in [5.74, 6) is -1.37. The van der Waals surface area contributed by atoms with Crippen LogP contribution in [0.3, 0.4) is 0 Å². The van der Waals surface area contributed by atoms with Crippen LogP contribution in [0.1, 0.15) is 60.8 Å². The molecular weight excluding hydrogens is 478 g/mol. The highest BCUT2D eigenvalue weighted by molar-refractivity contribution is 7.18. The number of thiophene rings is 1. The lowest BCUT2D eigenvalue weighted by Gasteiger charge is -2.07. The van der Waals surface area contributed by atoms with Gasteiger partial charge in [0.1, 0.15) is 23.1 Å². The number of carbonyl (C=O) groups is 3. The van der Waals surface area contributed by atoms with Gasteiger partial charge in [0.15, 0.2) is 5.76 Å². The summed E-state index contributed by atoms with van der Waals surface area (Å²) in [5, 5.41) is 13.6. The molecule has 2 heterocycles. The number of hydrogen-bond donors (Lipinski definition) is 2. The fourth-order valence-corrected chi connectivity index (χ4v) is 4.21. The van der Waals surface area contributed by atoms with E-state index in [2.05, 4.69) is 5.32 Å². The number of aryl methyl sites for hydroxylation is 1. The largest absolute Gasteiger partial charge is 0.486 e. The molecule has 12 heteroatoms. The van der Waals surface area contributed by atoms with Crippen molar-refractivity contribution in [2.45, 2.75) is 33.8 Å². The maximum Gasteiger partial charge on any atom is 0.341 e. The molecule has 2 aromatic heterocycles. The zero-order valence-corrected chi connectivity index (χ0v) is 20.0. The van der Waals surface area contributed by atoms with Crippen molar-refractivity contribution in [1.29, 1.82) is 0 Å². The van der Waals surface area contributed by atoms with E-state index in [0.29, 0.717) is 29.1 Å². The first kappa shape index (κ1) is 25.4. The molecule has 0 fully saturated rings. The second-order valence-electron chi connectivity index (χ2n) is 7.47. The molecule has 0 aliphatic carbocycles. The van der Waals surface area contributed by atoms with E-state index in [4.69, 9.17) is 19.6 Å². The Bertz CT molecular complexity index is 1290. The number of ether oxygens (including phenoxy) is 2.